The van der Waals surface area contributed by atoms with Gasteiger partial charge in [0.2, 0.25) is 0 Å². The molecule has 1 heterocycles. The summed E-state index contributed by atoms with van der Waals surface area (Å²) in [5, 5.41) is 11.9. The highest BCUT2D eigenvalue weighted by molar-refractivity contribution is 4.99. The molecule has 86 valence electrons. The summed E-state index contributed by atoms with van der Waals surface area (Å²) in [5.74, 6) is 0. The van der Waals surface area contributed by atoms with Gasteiger partial charge < -0.3 is 10.8 Å². The minimum Gasteiger partial charge on any atom is -0.850 e. The summed E-state index contributed by atoms with van der Waals surface area (Å²) < 4.78 is 3.84. The first-order valence-corrected chi connectivity index (χ1v) is 5.25. The Morgan fingerprint density at radius 2 is 2.13 bits per heavy atom. The Bertz CT molecular complexity index is 325. The van der Waals surface area contributed by atoms with Crippen LogP contribution in [0.5, 0.6) is 0 Å². The Morgan fingerprint density at radius 3 is 2.53 bits per heavy atom. The van der Waals surface area contributed by atoms with E-state index in [9.17, 15) is 5.11 Å². The molecule has 0 saturated heterocycles. The minimum absolute atomic E-state index is 0.208. The lowest BCUT2D eigenvalue weighted by atomic mass is 9.89. The van der Waals surface area contributed by atoms with Crippen molar-refractivity contribution in [3.05, 3.63) is 18.0 Å². The molecule has 0 radical (unpaired) electrons. The van der Waals surface area contributed by atoms with Gasteiger partial charge in [0.05, 0.1) is 18.3 Å². The molecule has 1 aromatic heterocycles. The van der Waals surface area contributed by atoms with Gasteiger partial charge in [-0.05, 0) is 5.41 Å². The highest BCUT2D eigenvalue weighted by Crippen LogP contribution is 2.17. The maximum absolute atomic E-state index is 11.9. The van der Waals surface area contributed by atoms with Gasteiger partial charge in [-0.2, -0.15) is 4.68 Å². The molecule has 0 aliphatic heterocycles. The normalized spacial score (nSPS) is 14.3. The first-order valence-electron chi connectivity index (χ1n) is 5.25. The van der Waals surface area contributed by atoms with Crippen LogP contribution in [0.15, 0.2) is 12.4 Å². The maximum Gasteiger partial charge on any atom is 0.199 e. The zero-order valence-electron chi connectivity index (χ0n) is 10.0. The van der Waals surface area contributed by atoms with Gasteiger partial charge in [0.25, 0.3) is 0 Å². The van der Waals surface area contributed by atoms with Crippen LogP contribution in [0.3, 0.4) is 0 Å². The molecule has 0 fully saturated rings. The fourth-order valence-corrected chi connectivity index (χ4v) is 1.36. The molecular weight excluding hydrogens is 190 g/mol. The van der Waals surface area contributed by atoms with E-state index in [0.29, 0.717) is 13.1 Å². The molecule has 1 rings (SSSR count). The molecule has 4 nitrogen and oxygen atoms in total. The molecule has 0 aliphatic rings. The number of nitrogens with zero attached hydrogens (tertiary/aromatic N) is 2. The summed E-state index contributed by atoms with van der Waals surface area (Å²) >= 11 is 0. The topological polar surface area (TPSA) is 57.9 Å². The lowest BCUT2D eigenvalue weighted by Gasteiger charge is -2.35. The van der Waals surface area contributed by atoms with Crippen molar-refractivity contribution in [3.63, 3.8) is 0 Å². The molecule has 0 aromatic carbocycles. The van der Waals surface area contributed by atoms with Crippen molar-refractivity contribution in [2.24, 2.45) is 18.2 Å². The minimum atomic E-state index is -0.610. The van der Waals surface area contributed by atoms with Crippen LogP contribution in [-0.2, 0) is 20.1 Å². The number of aromatic nitrogens is 2. The monoisotopic (exact) mass is 211 g/mol. The van der Waals surface area contributed by atoms with Crippen molar-refractivity contribution in [2.45, 2.75) is 40.0 Å². The molecule has 15 heavy (non-hydrogen) atoms. The lowest BCUT2D eigenvalue weighted by molar-refractivity contribution is -0.756. The van der Waals surface area contributed by atoms with Gasteiger partial charge in [0.15, 0.2) is 13.2 Å². The fraction of sp³-hybridized carbons (Fsp3) is 0.727. The number of aryl methyl sites for hydroxylation is 1. The average Bonchev–Trinajstić information content (AvgIpc) is 2.45. The van der Waals surface area contributed by atoms with Gasteiger partial charge >= 0.3 is 0 Å². The van der Waals surface area contributed by atoms with Crippen molar-refractivity contribution < 1.29 is 9.79 Å². The third-order valence-corrected chi connectivity index (χ3v) is 2.63. The van der Waals surface area contributed by atoms with Crippen LogP contribution in [0, 0.1) is 5.41 Å². The second-order valence-electron chi connectivity index (χ2n) is 5.09. The zero-order chi connectivity index (χ0) is 11.6. The molecule has 0 saturated carbocycles. The maximum atomic E-state index is 11.9. The highest BCUT2D eigenvalue weighted by Gasteiger charge is 2.17. The SMILES string of the molecule is C[n+]1cc(CN)cn1CC([O-])C(C)(C)C. The van der Waals surface area contributed by atoms with E-state index in [0.717, 1.165) is 5.56 Å². The Kier molecular flexibility index (Phi) is 3.52. The number of rotatable bonds is 3. The largest absolute Gasteiger partial charge is 0.850 e. The van der Waals surface area contributed by atoms with E-state index < -0.39 is 6.10 Å². The van der Waals surface area contributed by atoms with Gasteiger partial charge in [-0.15, -0.1) is 4.68 Å². The van der Waals surface area contributed by atoms with Crippen LogP contribution < -0.4 is 15.5 Å². The molecular formula is C11H21N3O. The molecule has 2 N–H and O–H groups in total. The second kappa shape index (κ2) is 4.33. The summed E-state index contributed by atoms with van der Waals surface area (Å²) in [6.07, 6.45) is 3.29. The van der Waals surface area contributed by atoms with E-state index in [1.807, 2.05) is 49.6 Å². The van der Waals surface area contributed by atoms with Gasteiger partial charge in [-0.1, -0.05) is 26.9 Å². The summed E-state index contributed by atoms with van der Waals surface area (Å²) in [4.78, 5) is 0. The van der Waals surface area contributed by atoms with Crippen molar-refractivity contribution >= 4 is 0 Å². The Hall–Kier alpha value is -0.870. The van der Waals surface area contributed by atoms with E-state index in [4.69, 9.17) is 5.73 Å². The molecule has 1 atom stereocenters. The predicted molar refractivity (Wildman–Crippen MR) is 56.7 cm³/mol. The van der Waals surface area contributed by atoms with E-state index in [1.54, 1.807) is 0 Å². The van der Waals surface area contributed by atoms with Crippen LogP contribution >= 0.6 is 0 Å². The quantitative estimate of drug-likeness (QED) is 0.688. The number of nitrogens with two attached hydrogens (primary N) is 1. The van der Waals surface area contributed by atoms with Crippen molar-refractivity contribution in [3.8, 4) is 0 Å². The van der Waals surface area contributed by atoms with Gasteiger partial charge in [0.1, 0.15) is 0 Å². The van der Waals surface area contributed by atoms with E-state index in [1.165, 1.54) is 0 Å². The molecule has 1 aromatic rings. The smallest absolute Gasteiger partial charge is 0.199 e. The molecule has 0 aliphatic carbocycles. The van der Waals surface area contributed by atoms with Crippen LogP contribution in [0.1, 0.15) is 26.3 Å². The van der Waals surface area contributed by atoms with Crippen LogP contribution in [0.4, 0.5) is 0 Å². The van der Waals surface area contributed by atoms with Crippen molar-refractivity contribution in [1.82, 2.24) is 4.68 Å². The molecule has 0 spiro atoms. The standard InChI is InChI=1S/C11H21N3O/c1-11(2,3)10(15)8-14-7-9(5-12)6-13(14)4/h6-7,10H,5,8,12H2,1-4H3. The average molecular weight is 211 g/mol. The number of hydrogen-bond donors (Lipinski definition) is 1. The van der Waals surface area contributed by atoms with Crippen molar-refractivity contribution in [2.75, 3.05) is 0 Å². The van der Waals surface area contributed by atoms with Gasteiger partial charge in [-0.3, -0.25) is 0 Å². The highest BCUT2D eigenvalue weighted by atomic mass is 16.3. The lowest BCUT2D eigenvalue weighted by Crippen LogP contribution is -2.48. The van der Waals surface area contributed by atoms with E-state index >= 15 is 0 Å². The van der Waals surface area contributed by atoms with Crippen LogP contribution in [0.2, 0.25) is 0 Å². The number of hydrogen-bond acceptors (Lipinski definition) is 2. The van der Waals surface area contributed by atoms with Crippen LogP contribution in [0.25, 0.3) is 0 Å². The van der Waals surface area contributed by atoms with E-state index in [-0.39, 0.29) is 5.41 Å². The van der Waals surface area contributed by atoms with Gasteiger partial charge in [-0.25, -0.2) is 0 Å². The molecule has 4 heteroatoms. The summed E-state index contributed by atoms with van der Waals surface area (Å²) in [6, 6.07) is 0. The summed E-state index contributed by atoms with van der Waals surface area (Å²) in [6.45, 7) is 6.91. The first-order chi connectivity index (χ1) is 6.84. The van der Waals surface area contributed by atoms with E-state index in [2.05, 4.69) is 0 Å². The van der Waals surface area contributed by atoms with Crippen molar-refractivity contribution in [1.29, 1.82) is 0 Å². The third-order valence-electron chi connectivity index (χ3n) is 2.63. The first kappa shape index (κ1) is 12.2. The zero-order valence-corrected chi connectivity index (χ0v) is 10.0. The second-order valence-corrected chi connectivity index (χ2v) is 5.09. The van der Waals surface area contributed by atoms with Crippen LogP contribution in [-0.4, -0.2) is 10.8 Å². The Labute approximate surface area is 91.3 Å². The predicted octanol–water partition coefficient (Wildman–Crippen LogP) is -0.454. The molecule has 0 amide bonds. The summed E-state index contributed by atoms with van der Waals surface area (Å²) in [7, 11) is 1.93. The fourth-order valence-electron chi connectivity index (χ4n) is 1.36. The molecule has 1 unspecified atom stereocenters. The van der Waals surface area contributed by atoms with Gasteiger partial charge in [0, 0.05) is 6.54 Å². The Balaban J connectivity index is 2.76. The third kappa shape index (κ3) is 3.04. The summed E-state index contributed by atoms with van der Waals surface area (Å²) in [5.41, 5.74) is 6.39. The molecule has 0 bridgehead atoms. The Morgan fingerprint density at radius 1 is 1.53 bits per heavy atom.